The van der Waals surface area contributed by atoms with Crippen molar-refractivity contribution in [2.75, 3.05) is 30.3 Å². The number of anilines is 2. The molecule has 11 nitrogen and oxygen atoms in total. The van der Waals surface area contributed by atoms with Crippen molar-refractivity contribution in [2.45, 2.75) is 69.2 Å². The zero-order valence-corrected chi connectivity index (χ0v) is 27.7. The van der Waals surface area contributed by atoms with Gasteiger partial charge in [-0.1, -0.05) is 73.2 Å². The zero-order valence-electron chi connectivity index (χ0n) is 27.7. The van der Waals surface area contributed by atoms with Gasteiger partial charge < -0.3 is 37.0 Å². The molecule has 11 heteroatoms. The Kier molecular flexibility index (Phi) is 12.3. The maximum Gasteiger partial charge on any atom is 0.247 e. The second kappa shape index (κ2) is 17.0. The van der Waals surface area contributed by atoms with Gasteiger partial charge >= 0.3 is 0 Å². The number of hydrogen-bond donors (Lipinski definition) is 5. The number of β-amino-alcohol motifs (C(OH)–C–C–N with tert-alkyl or cyclic N) is 1. The molecule has 2 fully saturated rings. The van der Waals surface area contributed by atoms with Crippen molar-refractivity contribution in [1.82, 2.24) is 9.80 Å². The van der Waals surface area contributed by atoms with Crippen LogP contribution in [0.5, 0.6) is 0 Å². The number of nitrogens with one attached hydrogen (secondary N) is 2. The van der Waals surface area contributed by atoms with E-state index >= 15 is 0 Å². The molecule has 0 aromatic heterocycles. The fourth-order valence-electron chi connectivity index (χ4n) is 6.36. The molecule has 0 saturated carbocycles. The van der Waals surface area contributed by atoms with Gasteiger partial charge in [-0.2, -0.15) is 0 Å². The van der Waals surface area contributed by atoms with Gasteiger partial charge in [-0.15, -0.1) is 0 Å². The highest BCUT2D eigenvalue weighted by molar-refractivity contribution is 5.99. The molecule has 258 valence electrons. The van der Waals surface area contributed by atoms with Crippen molar-refractivity contribution < 1.29 is 24.3 Å². The predicted octanol–water partition coefficient (Wildman–Crippen LogP) is 3.39. The molecule has 3 aromatic carbocycles. The molecule has 7 N–H and O–H groups in total. The number of rotatable bonds is 13. The Hall–Kier alpha value is -4.84. The molecule has 3 aromatic rings. The monoisotopic (exact) mass is 666 g/mol. The molecule has 5 rings (SSSR count). The molecule has 2 aliphatic heterocycles. The molecule has 0 aliphatic carbocycles. The number of likely N-dealkylation sites (tertiary alicyclic amines) is 2. The summed E-state index contributed by atoms with van der Waals surface area (Å²) < 4.78 is 0. The van der Waals surface area contributed by atoms with Crippen molar-refractivity contribution in [3.8, 4) is 0 Å². The van der Waals surface area contributed by atoms with Crippen molar-refractivity contribution in [3.05, 3.63) is 95.6 Å². The molecular formula is C38H46N6O5. The Morgan fingerprint density at radius 3 is 2.00 bits per heavy atom. The number of nitrogens with two attached hydrogens (primary N) is 2. The predicted molar refractivity (Wildman–Crippen MR) is 191 cm³/mol. The van der Waals surface area contributed by atoms with E-state index in [9.17, 15) is 24.3 Å². The summed E-state index contributed by atoms with van der Waals surface area (Å²) in [7, 11) is 0. The fourth-order valence-corrected chi connectivity index (χ4v) is 6.36. The van der Waals surface area contributed by atoms with Crippen LogP contribution in [0.25, 0.3) is 12.2 Å². The number of aliphatic hydroxyl groups is 1. The summed E-state index contributed by atoms with van der Waals surface area (Å²) in [5, 5.41) is 16.0. The Morgan fingerprint density at radius 1 is 0.816 bits per heavy atom. The minimum absolute atomic E-state index is 0.0398. The normalized spacial score (nSPS) is 19.6. The zero-order chi connectivity index (χ0) is 34.8. The maximum absolute atomic E-state index is 13.1. The quantitative estimate of drug-likeness (QED) is 0.138. The van der Waals surface area contributed by atoms with Gasteiger partial charge in [0.15, 0.2) is 0 Å². The lowest BCUT2D eigenvalue weighted by molar-refractivity contribution is -0.138. The van der Waals surface area contributed by atoms with Crippen molar-refractivity contribution in [2.24, 2.45) is 11.5 Å². The smallest absolute Gasteiger partial charge is 0.247 e. The summed E-state index contributed by atoms with van der Waals surface area (Å²) in [6, 6.07) is 22.3. The van der Waals surface area contributed by atoms with E-state index in [1.165, 1.54) is 4.90 Å². The van der Waals surface area contributed by atoms with Crippen molar-refractivity contribution in [3.63, 3.8) is 0 Å². The van der Waals surface area contributed by atoms with Crippen LogP contribution in [0.4, 0.5) is 11.4 Å². The average Bonchev–Trinajstić information content (AvgIpc) is 3.76. The summed E-state index contributed by atoms with van der Waals surface area (Å²) in [6.07, 6.45) is 6.94. The first-order valence-electron chi connectivity index (χ1n) is 17.0. The van der Waals surface area contributed by atoms with E-state index in [0.29, 0.717) is 37.3 Å². The van der Waals surface area contributed by atoms with Crippen LogP contribution in [0.15, 0.2) is 78.9 Å². The Labute approximate surface area is 287 Å². The second-order valence-electron chi connectivity index (χ2n) is 12.8. The van der Waals surface area contributed by atoms with Crippen LogP contribution in [-0.4, -0.2) is 82.4 Å². The Bertz CT molecular complexity index is 1610. The Morgan fingerprint density at radius 2 is 1.41 bits per heavy atom. The molecule has 2 heterocycles. The van der Waals surface area contributed by atoms with E-state index < -0.39 is 24.2 Å². The van der Waals surface area contributed by atoms with Crippen LogP contribution in [0.1, 0.15) is 55.2 Å². The van der Waals surface area contributed by atoms with Crippen LogP contribution < -0.4 is 22.1 Å². The summed E-state index contributed by atoms with van der Waals surface area (Å²) in [5.74, 6) is -0.924. The lowest BCUT2D eigenvalue weighted by Crippen LogP contribution is -2.49. The first-order valence-corrected chi connectivity index (χ1v) is 17.0. The number of aliphatic hydroxyl groups excluding tert-OH is 1. The number of carbonyl (C=O) groups excluding carboxylic acids is 4. The molecule has 0 bridgehead atoms. The lowest BCUT2D eigenvalue weighted by Gasteiger charge is -2.26. The van der Waals surface area contributed by atoms with Gasteiger partial charge in [-0.25, -0.2) is 0 Å². The summed E-state index contributed by atoms with van der Waals surface area (Å²) >= 11 is 0. The first-order chi connectivity index (χ1) is 23.7. The lowest BCUT2D eigenvalue weighted by atomic mass is 10.1. The molecule has 0 spiro atoms. The molecule has 2 saturated heterocycles. The number of amides is 4. The number of benzene rings is 3. The highest BCUT2D eigenvalue weighted by Gasteiger charge is 2.40. The summed E-state index contributed by atoms with van der Waals surface area (Å²) in [6.45, 7) is 1.18. The standard InChI is InChI=1S/C38H46N6O5/c39-21-5-4-9-32(40)38(49)44-25-31(45)24-34(44)37(48)42-30-19-15-27(16-20-30)12-11-26-13-17-29(18-14-26)41-36(47)33-10-6-22-43(33)35(46)23-28-7-2-1-3-8-28/h1-3,7-8,11-20,31-34,45H,4-6,9-10,21-25,39-40H2,(H,41,47)(H,42,48)/b12-11+/t31-,32?,33+,34+/m1/s1. The number of nitrogens with zero attached hydrogens (tertiary/aromatic N) is 2. The van der Waals surface area contributed by atoms with E-state index in [2.05, 4.69) is 10.6 Å². The van der Waals surface area contributed by atoms with Gasteiger partial charge in [-0.3, -0.25) is 19.2 Å². The van der Waals surface area contributed by atoms with Crippen molar-refractivity contribution in [1.29, 1.82) is 0 Å². The topological polar surface area (TPSA) is 171 Å². The third-order valence-corrected chi connectivity index (χ3v) is 9.05. The summed E-state index contributed by atoms with van der Waals surface area (Å²) in [5.41, 5.74) is 15.6. The maximum atomic E-state index is 13.1. The van der Waals surface area contributed by atoms with Gasteiger partial charge in [0.1, 0.15) is 12.1 Å². The molecular weight excluding hydrogens is 620 g/mol. The van der Waals surface area contributed by atoms with Gasteiger partial charge in [0.25, 0.3) is 0 Å². The SMILES string of the molecule is NCCCCC(N)C(=O)N1C[C@H](O)C[C@H]1C(=O)Nc1ccc(/C=C/c2ccc(NC(=O)[C@@H]3CCCN3C(=O)Cc3ccccc3)cc2)cc1. The van der Waals surface area contributed by atoms with E-state index in [0.717, 1.165) is 36.0 Å². The molecule has 2 aliphatic rings. The van der Waals surface area contributed by atoms with Crippen LogP contribution in [0.2, 0.25) is 0 Å². The van der Waals surface area contributed by atoms with E-state index in [1.807, 2.05) is 78.9 Å². The second-order valence-corrected chi connectivity index (χ2v) is 12.8. The molecule has 49 heavy (non-hydrogen) atoms. The van der Waals surface area contributed by atoms with Crippen LogP contribution in [-0.2, 0) is 25.6 Å². The van der Waals surface area contributed by atoms with Gasteiger partial charge in [0, 0.05) is 30.9 Å². The first kappa shape index (κ1) is 35.5. The van der Waals surface area contributed by atoms with Crippen LogP contribution in [0.3, 0.4) is 0 Å². The highest BCUT2D eigenvalue weighted by atomic mass is 16.3. The molecule has 4 amide bonds. The fraction of sp³-hybridized carbons (Fsp3) is 0.368. The van der Waals surface area contributed by atoms with Crippen LogP contribution >= 0.6 is 0 Å². The number of unbranched alkanes of at least 4 members (excludes halogenated alkanes) is 1. The van der Waals surface area contributed by atoms with Gasteiger partial charge in [0.05, 0.1) is 18.6 Å². The Balaban J connectivity index is 1.11. The average molecular weight is 667 g/mol. The van der Waals surface area contributed by atoms with Gasteiger partial charge in [0.2, 0.25) is 23.6 Å². The number of hydrogen-bond acceptors (Lipinski definition) is 7. The molecule has 1 unspecified atom stereocenters. The van der Waals surface area contributed by atoms with E-state index in [1.54, 1.807) is 17.0 Å². The minimum Gasteiger partial charge on any atom is -0.391 e. The minimum atomic E-state index is -0.797. The van der Waals surface area contributed by atoms with Crippen molar-refractivity contribution >= 4 is 47.2 Å². The molecule has 4 atom stereocenters. The van der Waals surface area contributed by atoms with Gasteiger partial charge in [-0.05, 0) is 73.2 Å². The highest BCUT2D eigenvalue weighted by Crippen LogP contribution is 2.23. The molecule has 0 radical (unpaired) electrons. The number of carbonyl (C=O) groups is 4. The summed E-state index contributed by atoms with van der Waals surface area (Å²) in [4.78, 5) is 55.1. The van der Waals surface area contributed by atoms with E-state index in [-0.39, 0.29) is 43.0 Å². The van der Waals surface area contributed by atoms with E-state index in [4.69, 9.17) is 11.5 Å². The van der Waals surface area contributed by atoms with Crippen LogP contribution in [0, 0.1) is 0 Å². The third-order valence-electron chi connectivity index (χ3n) is 9.05. The third kappa shape index (κ3) is 9.62. The largest absolute Gasteiger partial charge is 0.391 e.